The van der Waals surface area contributed by atoms with Gasteiger partial charge in [0, 0.05) is 17.4 Å². The minimum Gasteiger partial charge on any atom is -0.508 e. The SMILES string of the molecule is CCCCCc1cc(O)c2c(c1)OC(C)(C)[C@@H]1CC=C(C(O)CC)CC21. The normalized spacial score (nSPS) is 24.9. The summed E-state index contributed by atoms with van der Waals surface area (Å²) >= 11 is 0. The first-order valence-corrected chi connectivity index (χ1v) is 10.3. The lowest BCUT2D eigenvalue weighted by atomic mass is 9.66. The van der Waals surface area contributed by atoms with Gasteiger partial charge in [0.15, 0.2) is 0 Å². The zero-order valence-electron chi connectivity index (χ0n) is 16.7. The fourth-order valence-corrected chi connectivity index (χ4v) is 4.74. The summed E-state index contributed by atoms with van der Waals surface area (Å²) in [5.41, 5.74) is 2.95. The van der Waals surface area contributed by atoms with E-state index in [1.54, 1.807) is 0 Å². The van der Waals surface area contributed by atoms with Crippen molar-refractivity contribution in [2.45, 2.75) is 90.3 Å². The van der Waals surface area contributed by atoms with Crippen LogP contribution in [0.25, 0.3) is 0 Å². The Morgan fingerprint density at radius 2 is 2.00 bits per heavy atom. The molecule has 2 N–H and O–H groups in total. The molecule has 2 unspecified atom stereocenters. The van der Waals surface area contributed by atoms with E-state index in [0.717, 1.165) is 54.6 Å². The Bertz CT molecular complexity index is 674. The highest BCUT2D eigenvalue weighted by Gasteiger charge is 2.46. The number of unbranched alkanes of at least 4 members (excludes halogenated alkanes) is 2. The molecule has 144 valence electrons. The van der Waals surface area contributed by atoms with E-state index < -0.39 is 0 Å². The molecule has 3 heteroatoms. The van der Waals surface area contributed by atoms with Crippen molar-refractivity contribution in [3.63, 3.8) is 0 Å². The number of benzene rings is 1. The van der Waals surface area contributed by atoms with Gasteiger partial charge in [-0.15, -0.1) is 0 Å². The van der Waals surface area contributed by atoms with E-state index in [1.165, 1.54) is 12.8 Å². The minimum absolute atomic E-state index is 0.208. The maximum absolute atomic E-state index is 10.8. The zero-order chi connectivity index (χ0) is 18.9. The molecule has 3 nitrogen and oxygen atoms in total. The Morgan fingerprint density at radius 1 is 1.23 bits per heavy atom. The first-order chi connectivity index (χ1) is 12.4. The molecule has 0 bridgehead atoms. The number of hydrogen-bond donors (Lipinski definition) is 2. The van der Waals surface area contributed by atoms with Gasteiger partial charge < -0.3 is 14.9 Å². The summed E-state index contributed by atoms with van der Waals surface area (Å²) in [7, 11) is 0. The standard InChI is InChI=1S/C23H34O3/c1-5-7-8-9-15-12-20(25)22-17-14-16(19(24)6-2)10-11-18(17)23(3,4)26-21(22)13-15/h10,12-13,17-19,24-25H,5-9,11,14H2,1-4H3/t17?,18-,19?/m1/s1. The zero-order valence-corrected chi connectivity index (χ0v) is 16.7. The van der Waals surface area contributed by atoms with Gasteiger partial charge in [0.25, 0.3) is 0 Å². The molecule has 1 aliphatic heterocycles. The first-order valence-electron chi connectivity index (χ1n) is 10.3. The third-order valence-corrected chi connectivity index (χ3v) is 6.28. The van der Waals surface area contributed by atoms with Crippen LogP contribution < -0.4 is 4.74 Å². The fraction of sp³-hybridized carbons (Fsp3) is 0.652. The number of aliphatic hydroxyl groups excluding tert-OH is 1. The molecule has 1 aromatic rings. The van der Waals surface area contributed by atoms with E-state index in [4.69, 9.17) is 4.74 Å². The van der Waals surface area contributed by atoms with Crippen molar-refractivity contribution in [3.8, 4) is 11.5 Å². The highest BCUT2D eigenvalue weighted by molar-refractivity contribution is 5.53. The number of aryl methyl sites for hydroxylation is 1. The molecule has 0 aromatic heterocycles. The molecule has 1 aliphatic carbocycles. The average Bonchev–Trinajstić information content (AvgIpc) is 2.60. The number of phenolic OH excluding ortho intramolecular Hbond substituents is 1. The van der Waals surface area contributed by atoms with Gasteiger partial charge in [-0.2, -0.15) is 0 Å². The second-order valence-electron chi connectivity index (χ2n) is 8.55. The van der Waals surface area contributed by atoms with Gasteiger partial charge in [0.05, 0.1) is 6.10 Å². The van der Waals surface area contributed by atoms with E-state index in [2.05, 4.69) is 32.9 Å². The third-order valence-electron chi connectivity index (χ3n) is 6.28. The molecule has 3 rings (SSSR count). The number of aromatic hydroxyl groups is 1. The number of hydrogen-bond acceptors (Lipinski definition) is 3. The van der Waals surface area contributed by atoms with Gasteiger partial charge in [-0.05, 0) is 69.2 Å². The number of fused-ring (bicyclic) bond motifs is 3. The van der Waals surface area contributed by atoms with Crippen LogP contribution in [0.15, 0.2) is 23.8 Å². The van der Waals surface area contributed by atoms with Crippen LogP contribution in [0.5, 0.6) is 11.5 Å². The lowest BCUT2D eigenvalue weighted by Crippen LogP contribution is -2.46. The smallest absolute Gasteiger partial charge is 0.127 e. The number of ether oxygens (including phenoxy) is 1. The van der Waals surface area contributed by atoms with Crippen LogP contribution in [0, 0.1) is 5.92 Å². The molecule has 0 amide bonds. The predicted molar refractivity (Wildman–Crippen MR) is 106 cm³/mol. The average molecular weight is 359 g/mol. The fourth-order valence-electron chi connectivity index (χ4n) is 4.74. The van der Waals surface area contributed by atoms with Gasteiger partial charge in [-0.1, -0.05) is 32.8 Å². The van der Waals surface area contributed by atoms with Gasteiger partial charge in [0.1, 0.15) is 17.1 Å². The molecule has 3 atom stereocenters. The van der Waals surface area contributed by atoms with Crippen molar-refractivity contribution in [1.29, 1.82) is 0 Å². The molecule has 0 saturated carbocycles. The Hall–Kier alpha value is -1.48. The topological polar surface area (TPSA) is 49.7 Å². The van der Waals surface area contributed by atoms with E-state index in [-0.39, 0.29) is 17.6 Å². The quantitative estimate of drug-likeness (QED) is 0.522. The van der Waals surface area contributed by atoms with Crippen molar-refractivity contribution in [1.82, 2.24) is 0 Å². The summed E-state index contributed by atoms with van der Waals surface area (Å²) in [6, 6.07) is 4.07. The Labute approximate surface area is 158 Å². The lowest BCUT2D eigenvalue weighted by Gasteiger charge is -2.47. The van der Waals surface area contributed by atoms with E-state index in [1.807, 2.05) is 13.0 Å². The van der Waals surface area contributed by atoms with Crippen molar-refractivity contribution in [2.24, 2.45) is 5.92 Å². The molecule has 2 aliphatic rings. The Kier molecular flexibility index (Phi) is 5.67. The van der Waals surface area contributed by atoms with Crippen molar-refractivity contribution >= 4 is 0 Å². The predicted octanol–water partition coefficient (Wildman–Crippen LogP) is 5.49. The van der Waals surface area contributed by atoms with Crippen LogP contribution in [0.1, 0.15) is 83.3 Å². The van der Waals surface area contributed by atoms with Gasteiger partial charge in [-0.3, -0.25) is 0 Å². The minimum atomic E-state index is -0.374. The number of rotatable bonds is 6. The Balaban J connectivity index is 1.95. The summed E-state index contributed by atoms with van der Waals surface area (Å²) in [5, 5.41) is 21.1. The largest absolute Gasteiger partial charge is 0.508 e. The highest BCUT2D eigenvalue weighted by atomic mass is 16.5. The first kappa shape index (κ1) is 19.3. The monoisotopic (exact) mass is 358 g/mol. The third kappa shape index (κ3) is 3.64. The second-order valence-corrected chi connectivity index (χ2v) is 8.55. The van der Waals surface area contributed by atoms with Crippen molar-refractivity contribution in [2.75, 3.05) is 0 Å². The summed E-state index contributed by atoms with van der Waals surface area (Å²) in [4.78, 5) is 0. The Morgan fingerprint density at radius 3 is 2.69 bits per heavy atom. The maximum atomic E-state index is 10.8. The molecule has 0 saturated heterocycles. The van der Waals surface area contributed by atoms with Crippen LogP contribution in [0.2, 0.25) is 0 Å². The molecule has 1 heterocycles. The molecule has 0 fully saturated rings. The number of allylic oxidation sites excluding steroid dienone is 1. The van der Waals surface area contributed by atoms with Crippen LogP contribution >= 0.6 is 0 Å². The van der Waals surface area contributed by atoms with Gasteiger partial charge in [-0.25, -0.2) is 0 Å². The van der Waals surface area contributed by atoms with E-state index in [0.29, 0.717) is 11.7 Å². The molecular formula is C23H34O3. The van der Waals surface area contributed by atoms with Crippen LogP contribution in [0.4, 0.5) is 0 Å². The maximum Gasteiger partial charge on any atom is 0.127 e. The van der Waals surface area contributed by atoms with E-state index in [9.17, 15) is 10.2 Å². The van der Waals surface area contributed by atoms with Crippen molar-refractivity contribution < 1.29 is 14.9 Å². The number of phenols is 1. The second kappa shape index (κ2) is 7.64. The van der Waals surface area contributed by atoms with Gasteiger partial charge in [0.2, 0.25) is 0 Å². The van der Waals surface area contributed by atoms with Crippen molar-refractivity contribution in [3.05, 3.63) is 34.9 Å². The van der Waals surface area contributed by atoms with Crippen LogP contribution in [-0.2, 0) is 6.42 Å². The number of aliphatic hydroxyl groups is 1. The summed E-state index contributed by atoms with van der Waals surface area (Å²) in [6.45, 7) is 8.53. The summed E-state index contributed by atoms with van der Waals surface area (Å²) in [5.74, 6) is 1.74. The van der Waals surface area contributed by atoms with Crippen LogP contribution in [0.3, 0.4) is 0 Å². The molecule has 1 aromatic carbocycles. The van der Waals surface area contributed by atoms with Gasteiger partial charge >= 0.3 is 0 Å². The molecule has 0 spiro atoms. The molecule has 0 radical (unpaired) electrons. The molecular weight excluding hydrogens is 324 g/mol. The van der Waals surface area contributed by atoms with E-state index >= 15 is 0 Å². The highest BCUT2D eigenvalue weighted by Crippen LogP contribution is 2.54. The lowest BCUT2D eigenvalue weighted by molar-refractivity contribution is 0.00549. The van der Waals surface area contributed by atoms with Crippen LogP contribution in [-0.4, -0.2) is 21.9 Å². The summed E-state index contributed by atoms with van der Waals surface area (Å²) < 4.78 is 6.39. The molecule has 26 heavy (non-hydrogen) atoms. The summed E-state index contributed by atoms with van der Waals surface area (Å²) in [6.07, 6.45) is 8.77.